The molecule has 0 radical (unpaired) electrons. The van der Waals surface area contributed by atoms with Gasteiger partial charge in [0.15, 0.2) is 0 Å². The molecule has 5 atom stereocenters. The molecular weight excluding hydrogens is 216 g/mol. The number of hydrogen-bond donors (Lipinski definition) is 1. The zero-order valence-electron chi connectivity index (χ0n) is 6.65. The van der Waals surface area contributed by atoms with E-state index in [9.17, 15) is 5.11 Å². The molecule has 1 saturated carbocycles. The molecule has 2 heteroatoms. The second-order valence-electron chi connectivity index (χ2n) is 4.10. The third-order valence-corrected chi connectivity index (χ3v) is 4.32. The van der Waals surface area contributed by atoms with Crippen molar-refractivity contribution in [3.8, 4) is 0 Å². The van der Waals surface area contributed by atoms with Crippen LogP contribution >= 0.6 is 15.9 Å². The summed E-state index contributed by atoms with van der Waals surface area (Å²) in [6.07, 6.45) is 7.86. The molecule has 0 aliphatic heterocycles. The van der Waals surface area contributed by atoms with E-state index in [2.05, 4.69) is 34.2 Å². The van der Waals surface area contributed by atoms with Crippen molar-refractivity contribution in [2.24, 2.45) is 23.7 Å². The normalized spacial score (nSPS) is 54.5. The Morgan fingerprint density at radius 3 is 2.83 bits per heavy atom. The Morgan fingerprint density at radius 2 is 2.08 bits per heavy atom. The zero-order valence-corrected chi connectivity index (χ0v) is 8.24. The maximum atomic E-state index is 9.84. The monoisotopic (exact) mass is 226 g/mol. The Labute approximate surface area is 80.3 Å². The van der Waals surface area contributed by atoms with Gasteiger partial charge < -0.3 is 5.11 Å². The van der Waals surface area contributed by atoms with E-state index in [1.54, 1.807) is 0 Å². The third-order valence-electron chi connectivity index (χ3n) is 3.58. The molecule has 1 N–H and O–H groups in total. The fraction of sp³-hybridized carbons (Fsp3) is 0.600. The Morgan fingerprint density at radius 1 is 1.33 bits per heavy atom. The summed E-state index contributed by atoms with van der Waals surface area (Å²) in [7, 11) is 0. The standard InChI is InChI=1S/C10H11BrO/c11-8-4-7-5-1-2-6(3-5)9(7)10(8)12/h1-2,4-7,9-10,12H,3H2/t5?,6?,7-,9+,10-/m0/s1. The topological polar surface area (TPSA) is 20.2 Å². The van der Waals surface area contributed by atoms with Gasteiger partial charge in [-0.25, -0.2) is 0 Å². The molecule has 12 heavy (non-hydrogen) atoms. The second-order valence-corrected chi connectivity index (χ2v) is 5.02. The molecule has 3 aliphatic carbocycles. The van der Waals surface area contributed by atoms with Gasteiger partial charge in [-0.05, 0) is 24.2 Å². The van der Waals surface area contributed by atoms with Crippen LogP contribution in [0.4, 0.5) is 0 Å². The number of aliphatic hydroxyl groups excluding tert-OH is 1. The van der Waals surface area contributed by atoms with Crippen molar-refractivity contribution in [3.63, 3.8) is 0 Å². The molecule has 0 amide bonds. The van der Waals surface area contributed by atoms with Crippen LogP contribution in [0.2, 0.25) is 0 Å². The zero-order chi connectivity index (χ0) is 8.29. The van der Waals surface area contributed by atoms with Gasteiger partial charge in [0.25, 0.3) is 0 Å². The van der Waals surface area contributed by atoms with E-state index in [1.165, 1.54) is 6.42 Å². The van der Waals surface area contributed by atoms with Gasteiger partial charge in [-0.15, -0.1) is 0 Å². The highest BCUT2D eigenvalue weighted by Crippen LogP contribution is 2.55. The van der Waals surface area contributed by atoms with Crippen LogP contribution in [0.15, 0.2) is 22.7 Å². The summed E-state index contributed by atoms with van der Waals surface area (Å²) < 4.78 is 1.01. The van der Waals surface area contributed by atoms with Gasteiger partial charge in [0.2, 0.25) is 0 Å². The summed E-state index contributed by atoms with van der Waals surface area (Å²) in [5.74, 6) is 2.45. The molecule has 2 unspecified atom stereocenters. The van der Waals surface area contributed by atoms with Crippen LogP contribution in [0.3, 0.4) is 0 Å². The lowest BCUT2D eigenvalue weighted by atomic mass is 9.84. The van der Waals surface area contributed by atoms with Crippen molar-refractivity contribution >= 4 is 15.9 Å². The highest BCUT2D eigenvalue weighted by molar-refractivity contribution is 9.11. The lowest BCUT2D eigenvalue weighted by Crippen LogP contribution is -2.24. The molecule has 1 fully saturated rings. The lowest BCUT2D eigenvalue weighted by Gasteiger charge is -2.22. The van der Waals surface area contributed by atoms with Gasteiger partial charge in [0, 0.05) is 10.4 Å². The molecule has 3 aliphatic rings. The minimum absolute atomic E-state index is 0.227. The maximum Gasteiger partial charge on any atom is 0.0891 e. The van der Waals surface area contributed by atoms with Gasteiger partial charge in [-0.2, -0.15) is 0 Å². The van der Waals surface area contributed by atoms with E-state index < -0.39 is 0 Å². The quantitative estimate of drug-likeness (QED) is 0.628. The number of fused-ring (bicyclic) bond motifs is 5. The van der Waals surface area contributed by atoms with Crippen LogP contribution < -0.4 is 0 Å². The van der Waals surface area contributed by atoms with Gasteiger partial charge >= 0.3 is 0 Å². The van der Waals surface area contributed by atoms with Crippen LogP contribution in [0.1, 0.15) is 6.42 Å². The Kier molecular flexibility index (Phi) is 1.37. The number of allylic oxidation sites excluding steroid dienone is 3. The van der Waals surface area contributed by atoms with E-state index in [-0.39, 0.29) is 6.10 Å². The predicted octanol–water partition coefficient (Wildman–Crippen LogP) is 2.08. The van der Waals surface area contributed by atoms with Crippen molar-refractivity contribution in [2.75, 3.05) is 0 Å². The fourth-order valence-electron chi connectivity index (χ4n) is 3.04. The number of hydrogen-bond acceptors (Lipinski definition) is 1. The average Bonchev–Trinajstić information content (AvgIpc) is 2.66. The van der Waals surface area contributed by atoms with Crippen LogP contribution in [0.25, 0.3) is 0 Å². The number of aliphatic hydroxyl groups is 1. The Hall–Kier alpha value is -0.0800. The van der Waals surface area contributed by atoms with E-state index in [0.717, 1.165) is 4.48 Å². The van der Waals surface area contributed by atoms with Crippen LogP contribution in [0, 0.1) is 23.7 Å². The second kappa shape index (κ2) is 2.24. The lowest BCUT2D eigenvalue weighted by molar-refractivity contribution is 0.130. The molecule has 0 spiro atoms. The first-order chi connectivity index (χ1) is 5.77. The molecule has 2 bridgehead atoms. The fourth-order valence-corrected chi connectivity index (χ4v) is 3.65. The van der Waals surface area contributed by atoms with E-state index in [0.29, 0.717) is 23.7 Å². The van der Waals surface area contributed by atoms with Crippen LogP contribution in [0.5, 0.6) is 0 Å². The molecular formula is C10H11BrO. The van der Waals surface area contributed by atoms with Crippen LogP contribution in [-0.2, 0) is 0 Å². The maximum absolute atomic E-state index is 9.84. The summed E-state index contributed by atoms with van der Waals surface area (Å²) in [5, 5.41) is 9.84. The van der Waals surface area contributed by atoms with Gasteiger partial charge in [0.1, 0.15) is 0 Å². The molecule has 0 aromatic heterocycles. The largest absolute Gasteiger partial charge is 0.388 e. The third kappa shape index (κ3) is 0.728. The van der Waals surface area contributed by atoms with E-state index in [4.69, 9.17) is 0 Å². The molecule has 64 valence electrons. The first kappa shape index (κ1) is 7.34. The first-order valence-electron chi connectivity index (χ1n) is 4.51. The molecule has 0 heterocycles. The smallest absolute Gasteiger partial charge is 0.0891 e. The summed E-state index contributed by atoms with van der Waals surface area (Å²) in [4.78, 5) is 0. The summed E-state index contributed by atoms with van der Waals surface area (Å²) in [6, 6.07) is 0. The summed E-state index contributed by atoms with van der Waals surface area (Å²) >= 11 is 3.43. The van der Waals surface area contributed by atoms with Crippen molar-refractivity contribution in [1.82, 2.24) is 0 Å². The highest BCUT2D eigenvalue weighted by Gasteiger charge is 2.50. The van der Waals surface area contributed by atoms with Gasteiger partial charge in [-0.3, -0.25) is 0 Å². The minimum atomic E-state index is -0.227. The van der Waals surface area contributed by atoms with Crippen molar-refractivity contribution in [1.29, 1.82) is 0 Å². The van der Waals surface area contributed by atoms with Crippen molar-refractivity contribution in [2.45, 2.75) is 12.5 Å². The van der Waals surface area contributed by atoms with E-state index >= 15 is 0 Å². The summed E-state index contributed by atoms with van der Waals surface area (Å²) in [6.45, 7) is 0. The summed E-state index contributed by atoms with van der Waals surface area (Å²) in [5.41, 5.74) is 0. The Bertz CT molecular complexity index is 282. The number of halogens is 1. The first-order valence-corrected chi connectivity index (χ1v) is 5.30. The molecule has 0 saturated heterocycles. The molecule has 0 aromatic carbocycles. The molecule has 1 nitrogen and oxygen atoms in total. The van der Waals surface area contributed by atoms with Crippen LogP contribution in [-0.4, -0.2) is 11.2 Å². The predicted molar refractivity (Wildman–Crippen MR) is 50.7 cm³/mol. The van der Waals surface area contributed by atoms with Gasteiger partial charge in [-0.1, -0.05) is 34.2 Å². The number of rotatable bonds is 0. The van der Waals surface area contributed by atoms with Crippen molar-refractivity contribution < 1.29 is 5.11 Å². The Balaban J connectivity index is 2.01. The SMILES string of the molecule is O[C@H]1C(Br)=C[C@H]2C3C=CC(C3)[C@@H]12. The highest BCUT2D eigenvalue weighted by atomic mass is 79.9. The molecule has 3 rings (SSSR count). The van der Waals surface area contributed by atoms with Gasteiger partial charge in [0.05, 0.1) is 6.10 Å². The average molecular weight is 227 g/mol. The van der Waals surface area contributed by atoms with E-state index in [1.807, 2.05) is 0 Å². The minimum Gasteiger partial charge on any atom is -0.388 e. The molecule has 0 aromatic rings. The van der Waals surface area contributed by atoms with Crippen molar-refractivity contribution in [3.05, 3.63) is 22.7 Å².